The Labute approximate surface area is 204 Å². The van der Waals surface area contributed by atoms with Crippen LogP contribution in [0.15, 0.2) is 53.4 Å². The molecule has 1 aromatic heterocycles. The second-order valence-electron chi connectivity index (χ2n) is 7.95. The van der Waals surface area contributed by atoms with Gasteiger partial charge in [-0.05, 0) is 68.2 Å². The third-order valence-corrected chi connectivity index (χ3v) is 6.64. The van der Waals surface area contributed by atoms with Gasteiger partial charge in [-0.15, -0.1) is 11.8 Å². The number of carbonyl (C=O) groups excluding carboxylic acids is 1. The Bertz CT molecular complexity index is 1080. The Morgan fingerprint density at radius 1 is 1.06 bits per heavy atom. The molecule has 3 rings (SSSR count). The molecule has 0 saturated carbocycles. The third kappa shape index (κ3) is 7.20. The minimum absolute atomic E-state index is 0.379. The summed E-state index contributed by atoms with van der Waals surface area (Å²) in [5.41, 5.74) is -1.26. The van der Waals surface area contributed by atoms with E-state index in [9.17, 15) is 18.0 Å². The van der Waals surface area contributed by atoms with E-state index < -0.39 is 23.3 Å². The Balaban J connectivity index is 1.54. The van der Waals surface area contributed by atoms with Crippen molar-refractivity contribution in [2.24, 2.45) is 0 Å². The molecule has 1 heterocycles. The van der Waals surface area contributed by atoms with Crippen LogP contribution in [0.25, 0.3) is 11.4 Å². The summed E-state index contributed by atoms with van der Waals surface area (Å²) in [5.74, 6) is 1.13. The zero-order chi connectivity index (χ0) is 24.8. The highest BCUT2D eigenvalue weighted by atomic mass is 32.2. The molecular weight excluding hydrogens is 485 g/mol. The van der Waals surface area contributed by atoms with Crippen LogP contribution in [-0.4, -0.2) is 27.5 Å². The summed E-state index contributed by atoms with van der Waals surface area (Å²) in [6.45, 7) is 5.75. The van der Waals surface area contributed by atoms with Gasteiger partial charge in [0, 0.05) is 10.5 Å². The maximum atomic E-state index is 12.7. The number of hydrogen-bond acceptors (Lipinski definition) is 7. The van der Waals surface area contributed by atoms with Gasteiger partial charge in [0.25, 0.3) is 0 Å². The highest BCUT2D eigenvalue weighted by Gasteiger charge is 2.32. The van der Waals surface area contributed by atoms with E-state index in [-0.39, 0.29) is 0 Å². The van der Waals surface area contributed by atoms with Crippen molar-refractivity contribution < 1.29 is 27.4 Å². The van der Waals surface area contributed by atoms with Crippen molar-refractivity contribution in [3.05, 3.63) is 59.1 Å². The fourth-order valence-electron chi connectivity index (χ4n) is 2.81. The van der Waals surface area contributed by atoms with Crippen molar-refractivity contribution in [1.82, 2.24) is 9.36 Å². The number of aromatic nitrogens is 2. The molecule has 0 spiro atoms. The molecule has 182 valence electrons. The van der Waals surface area contributed by atoms with Gasteiger partial charge in [-0.3, -0.25) is 0 Å². The summed E-state index contributed by atoms with van der Waals surface area (Å²) >= 11 is 2.76. The molecule has 0 N–H and O–H groups in total. The smallest absolute Gasteiger partial charge is 0.416 e. The largest absolute Gasteiger partial charge is 0.476 e. The van der Waals surface area contributed by atoms with Crippen LogP contribution < -0.4 is 4.74 Å². The van der Waals surface area contributed by atoms with Gasteiger partial charge in [-0.2, -0.15) is 17.5 Å². The molecule has 0 amide bonds. The summed E-state index contributed by atoms with van der Waals surface area (Å²) in [6, 6.07) is 12.2. The normalized spacial score (nSPS) is 11.9. The van der Waals surface area contributed by atoms with Crippen molar-refractivity contribution in [2.45, 2.75) is 56.0 Å². The maximum Gasteiger partial charge on any atom is 0.416 e. The number of hydrogen-bond donors (Lipinski definition) is 0. The molecule has 3 aromatic rings. The molecule has 0 aliphatic heterocycles. The van der Waals surface area contributed by atoms with Crippen molar-refractivity contribution in [3.63, 3.8) is 0 Å². The lowest BCUT2D eigenvalue weighted by atomic mass is 10.1. The Morgan fingerprint density at radius 3 is 2.35 bits per heavy atom. The van der Waals surface area contributed by atoms with E-state index in [4.69, 9.17) is 9.47 Å². The minimum Gasteiger partial charge on any atom is -0.476 e. The molecule has 0 unspecified atom stereocenters. The molecule has 34 heavy (non-hydrogen) atoms. The lowest BCUT2D eigenvalue weighted by Crippen LogP contribution is -2.39. The van der Waals surface area contributed by atoms with Crippen LogP contribution in [0.2, 0.25) is 0 Å². The summed E-state index contributed by atoms with van der Waals surface area (Å²) < 4.78 is 53.5. The van der Waals surface area contributed by atoms with Gasteiger partial charge in [0.2, 0.25) is 0 Å². The third-order valence-electron chi connectivity index (χ3n) is 4.72. The van der Waals surface area contributed by atoms with Gasteiger partial charge in [0.05, 0.1) is 17.9 Å². The number of nitrogens with zero attached hydrogens (tertiary/aromatic N) is 2. The van der Waals surface area contributed by atoms with Gasteiger partial charge in [0.15, 0.2) is 11.4 Å². The summed E-state index contributed by atoms with van der Waals surface area (Å²) in [5, 5.41) is 0.760. The van der Waals surface area contributed by atoms with E-state index in [1.165, 1.54) is 23.7 Å². The number of benzene rings is 2. The number of rotatable bonds is 10. The SMILES string of the molecule is CCCCOC(=O)C(C)(C)Oc1ccc(SCc2nc(-c3ccc(C(F)(F)F)cc3)ns2)cc1. The van der Waals surface area contributed by atoms with Gasteiger partial charge in [-0.25, -0.2) is 9.78 Å². The first-order valence-electron chi connectivity index (χ1n) is 10.7. The number of halogens is 3. The van der Waals surface area contributed by atoms with E-state index in [0.717, 1.165) is 34.9 Å². The molecule has 0 fully saturated rings. The first-order valence-corrected chi connectivity index (χ1v) is 12.4. The molecular formula is C24H25F3N2O3S2. The Hall–Kier alpha value is -2.59. The zero-order valence-corrected chi connectivity index (χ0v) is 20.6. The van der Waals surface area contributed by atoms with E-state index in [1.807, 2.05) is 19.1 Å². The van der Waals surface area contributed by atoms with Crippen LogP contribution in [-0.2, 0) is 21.5 Å². The van der Waals surface area contributed by atoms with Crippen LogP contribution >= 0.6 is 23.3 Å². The first kappa shape index (κ1) is 26.0. The van der Waals surface area contributed by atoms with E-state index >= 15 is 0 Å². The number of unbranched alkanes of at least 4 members (excludes halogenated alkanes) is 1. The van der Waals surface area contributed by atoms with Crippen LogP contribution in [0.5, 0.6) is 5.75 Å². The van der Waals surface area contributed by atoms with Gasteiger partial charge >= 0.3 is 12.1 Å². The van der Waals surface area contributed by atoms with E-state index in [1.54, 1.807) is 37.7 Å². The van der Waals surface area contributed by atoms with Gasteiger partial charge < -0.3 is 9.47 Å². The van der Waals surface area contributed by atoms with Crippen LogP contribution in [0.4, 0.5) is 13.2 Å². The number of thioether (sulfide) groups is 1. The van der Waals surface area contributed by atoms with Gasteiger partial charge in [-0.1, -0.05) is 25.5 Å². The topological polar surface area (TPSA) is 61.3 Å². The predicted molar refractivity (Wildman–Crippen MR) is 127 cm³/mol. The molecule has 0 saturated heterocycles. The fourth-order valence-corrected chi connectivity index (χ4v) is 4.34. The number of carbonyl (C=O) groups is 1. The highest BCUT2D eigenvalue weighted by molar-refractivity contribution is 7.98. The first-order chi connectivity index (χ1) is 16.1. The molecule has 2 aromatic carbocycles. The summed E-state index contributed by atoms with van der Waals surface area (Å²) in [4.78, 5) is 17.6. The molecule has 5 nitrogen and oxygen atoms in total. The second kappa shape index (κ2) is 11.2. The molecule has 0 radical (unpaired) electrons. The standard InChI is InChI=1S/C24H25F3N2O3S2/c1-4-5-14-31-22(30)23(2,3)32-18-10-12-19(13-11-18)33-15-20-28-21(29-34-20)16-6-8-17(9-7-16)24(25,26)27/h6-13H,4-5,14-15H2,1-3H3. The lowest BCUT2D eigenvalue weighted by Gasteiger charge is -2.24. The molecule has 0 bridgehead atoms. The summed E-state index contributed by atoms with van der Waals surface area (Å²) in [7, 11) is 0. The minimum atomic E-state index is -4.37. The number of alkyl halides is 3. The number of ether oxygens (including phenoxy) is 2. The Kier molecular flexibility index (Phi) is 8.59. The van der Waals surface area contributed by atoms with E-state index in [2.05, 4.69) is 9.36 Å². The lowest BCUT2D eigenvalue weighted by molar-refractivity contribution is -0.159. The van der Waals surface area contributed by atoms with Crippen LogP contribution in [0.3, 0.4) is 0 Å². The van der Waals surface area contributed by atoms with Crippen molar-refractivity contribution in [2.75, 3.05) is 6.61 Å². The van der Waals surface area contributed by atoms with Gasteiger partial charge in [0.1, 0.15) is 10.8 Å². The van der Waals surface area contributed by atoms with Crippen molar-refractivity contribution in [3.8, 4) is 17.1 Å². The predicted octanol–water partition coefficient (Wildman–Crippen LogP) is 7.02. The average Bonchev–Trinajstić information content (AvgIpc) is 3.27. The van der Waals surface area contributed by atoms with E-state index in [0.29, 0.717) is 29.5 Å². The fraction of sp³-hybridized carbons (Fsp3) is 0.375. The molecule has 10 heteroatoms. The molecule has 0 atom stereocenters. The van der Waals surface area contributed by atoms with Crippen molar-refractivity contribution in [1.29, 1.82) is 0 Å². The van der Waals surface area contributed by atoms with Crippen LogP contribution in [0, 0.1) is 0 Å². The quantitative estimate of drug-likeness (QED) is 0.166. The maximum absolute atomic E-state index is 12.7. The highest BCUT2D eigenvalue weighted by Crippen LogP contribution is 2.32. The summed E-state index contributed by atoms with van der Waals surface area (Å²) in [6.07, 6.45) is -2.61. The molecule has 0 aliphatic rings. The van der Waals surface area contributed by atoms with Crippen LogP contribution in [0.1, 0.15) is 44.2 Å². The second-order valence-corrected chi connectivity index (χ2v) is 9.83. The van der Waals surface area contributed by atoms with Crippen molar-refractivity contribution >= 4 is 29.3 Å². The average molecular weight is 511 g/mol. The monoisotopic (exact) mass is 510 g/mol. The number of esters is 1. The Morgan fingerprint density at radius 2 is 1.74 bits per heavy atom. The zero-order valence-electron chi connectivity index (χ0n) is 19.0. The molecule has 0 aliphatic carbocycles.